The zero-order valence-corrected chi connectivity index (χ0v) is 32.4. The summed E-state index contributed by atoms with van der Waals surface area (Å²) in [6.07, 6.45) is 47.7. The number of β-amino-alcohol motifs (C(OH)–C–C–N with tert-alkyl or cyclic N) is 2. The molecule has 2 aliphatic rings. The molecule has 2 heterocycles. The van der Waals surface area contributed by atoms with Crippen LogP contribution in [0.1, 0.15) is 181 Å². The minimum Gasteiger partial charge on any atom is -0.389 e. The topological polar surface area (TPSA) is 62.2 Å². The third-order valence-corrected chi connectivity index (χ3v) is 10.3. The summed E-state index contributed by atoms with van der Waals surface area (Å²) in [7, 11) is 1.94. The molecule has 0 saturated carbocycles. The van der Waals surface area contributed by atoms with Gasteiger partial charge in [-0.2, -0.15) is 0 Å². The molecule has 0 bridgehead atoms. The first-order valence-corrected chi connectivity index (χ1v) is 21.0. The van der Waals surface area contributed by atoms with Crippen LogP contribution >= 0.6 is 0 Å². The quantitative estimate of drug-likeness (QED) is 0.0582. The van der Waals surface area contributed by atoms with E-state index in [1.807, 2.05) is 11.9 Å². The van der Waals surface area contributed by atoms with Crippen molar-refractivity contribution in [1.82, 2.24) is 4.90 Å². The summed E-state index contributed by atoms with van der Waals surface area (Å²) >= 11 is 0. The van der Waals surface area contributed by atoms with Gasteiger partial charge in [0.1, 0.15) is 12.2 Å². The minimum absolute atomic E-state index is 0.450. The molecule has 5 nitrogen and oxygen atoms in total. The van der Waals surface area contributed by atoms with E-state index in [1.165, 1.54) is 128 Å². The van der Waals surface area contributed by atoms with Gasteiger partial charge < -0.3 is 24.6 Å². The highest BCUT2D eigenvalue weighted by molar-refractivity contribution is 4.97. The Balaban J connectivity index is 1.64. The molecule has 49 heavy (non-hydrogen) atoms. The summed E-state index contributed by atoms with van der Waals surface area (Å²) in [4.78, 5) is 1.98. The molecule has 2 fully saturated rings. The Labute approximate surface area is 303 Å². The Kier molecular flexibility index (Phi) is 26.3. The van der Waals surface area contributed by atoms with Crippen molar-refractivity contribution < 1.29 is 19.7 Å². The number of rotatable bonds is 30. The van der Waals surface area contributed by atoms with Crippen LogP contribution in [0.3, 0.4) is 0 Å². The lowest BCUT2D eigenvalue weighted by molar-refractivity contribution is -0.201. The molecule has 2 rings (SSSR count). The number of allylic oxidation sites excluding steroid dienone is 8. The molecule has 2 aliphatic heterocycles. The largest absolute Gasteiger partial charge is 0.389 e. The number of aliphatic hydroxyl groups excluding tert-OH is 2. The van der Waals surface area contributed by atoms with Gasteiger partial charge in [0.25, 0.3) is 0 Å². The lowest BCUT2D eigenvalue weighted by Crippen LogP contribution is -2.41. The fraction of sp³-hybridized carbons (Fsp3) is 0.818. The summed E-state index contributed by atoms with van der Waals surface area (Å²) in [6.45, 7) is 5.53. The first-order valence-electron chi connectivity index (χ1n) is 21.0. The van der Waals surface area contributed by atoms with Crippen molar-refractivity contribution in [3.05, 3.63) is 48.6 Å². The predicted octanol–water partition coefficient (Wildman–Crippen LogP) is 11.5. The second-order valence-corrected chi connectivity index (χ2v) is 15.1. The maximum absolute atomic E-state index is 10.9. The standard InChI is InChI=1S/C44H79NO4/c1-4-6-8-10-12-14-16-18-20-22-24-26-28-30-32-34-36-44(48-42-40(46)38-45(3)39-41(47)43(42)49-44)37-35-33-31-29-27-25-23-21-19-17-15-13-11-9-7-5-2/h12-15,18-21,40-43,46-47H,4-11,16-17,22-39H2,1-3H3. The van der Waals surface area contributed by atoms with E-state index >= 15 is 0 Å². The van der Waals surface area contributed by atoms with Gasteiger partial charge in [0, 0.05) is 25.9 Å². The van der Waals surface area contributed by atoms with Crippen LogP contribution in [0.2, 0.25) is 0 Å². The molecule has 284 valence electrons. The molecular weight excluding hydrogens is 606 g/mol. The van der Waals surface area contributed by atoms with Crippen molar-refractivity contribution in [3.63, 3.8) is 0 Å². The lowest BCUT2D eigenvalue weighted by Gasteiger charge is -2.30. The SMILES string of the molecule is CCCCCC=CCC=CCCCCCCCCC1(CCCCCCCCC=CCC=CCCCCC)OC2C(O)CN(C)CC(O)C2O1. The lowest BCUT2D eigenvalue weighted by atomic mass is 9.98. The van der Waals surface area contributed by atoms with Crippen LogP contribution < -0.4 is 0 Å². The van der Waals surface area contributed by atoms with E-state index in [9.17, 15) is 10.2 Å². The predicted molar refractivity (Wildman–Crippen MR) is 210 cm³/mol. The summed E-state index contributed by atoms with van der Waals surface area (Å²) in [5.74, 6) is -0.669. The monoisotopic (exact) mass is 686 g/mol. The van der Waals surface area contributed by atoms with Crippen LogP contribution in [0.25, 0.3) is 0 Å². The molecule has 5 heteroatoms. The average Bonchev–Trinajstić information content (AvgIpc) is 3.44. The molecule has 0 aromatic heterocycles. The summed E-state index contributed by atoms with van der Waals surface area (Å²) in [5, 5.41) is 21.9. The van der Waals surface area contributed by atoms with Crippen molar-refractivity contribution in [2.75, 3.05) is 20.1 Å². The average molecular weight is 686 g/mol. The Bertz CT molecular complexity index is 812. The van der Waals surface area contributed by atoms with Crippen LogP contribution in [0.4, 0.5) is 0 Å². The smallest absolute Gasteiger partial charge is 0.169 e. The van der Waals surface area contributed by atoms with Crippen LogP contribution in [-0.2, 0) is 9.47 Å². The summed E-state index contributed by atoms with van der Waals surface area (Å²) < 4.78 is 13.3. The van der Waals surface area contributed by atoms with Crippen LogP contribution in [0.5, 0.6) is 0 Å². The second kappa shape index (κ2) is 29.3. The van der Waals surface area contributed by atoms with Crippen LogP contribution in [-0.4, -0.2) is 65.5 Å². The van der Waals surface area contributed by atoms with E-state index in [1.54, 1.807) is 0 Å². The summed E-state index contributed by atoms with van der Waals surface area (Å²) in [5.41, 5.74) is 0. The van der Waals surface area contributed by atoms with Gasteiger partial charge in [0.05, 0.1) is 12.2 Å². The molecule has 0 aromatic carbocycles. The summed E-state index contributed by atoms with van der Waals surface area (Å²) in [6, 6.07) is 0. The molecule has 0 spiro atoms. The van der Waals surface area contributed by atoms with E-state index in [4.69, 9.17) is 9.47 Å². The van der Waals surface area contributed by atoms with E-state index in [2.05, 4.69) is 62.5 Å². The zero-order valence-electron chi connectivity index (χ0n) is 32.4. The second-order valence-electron chi connectivity index (χ2n) is 15.1. The molecule has 0 aromatic rings. The number of likely N-dealkylation sites (N-methyl/N-ethyl adjacent to an activating group) is 1. The van der Waals surface area contributed by atoms with Crippen LogP contribution in [0, 0.1) is 0 Å². The maximum Gasteiger partial charge on any atom is 0.169 e. The number of aliphatic hydroxyl groups is 2. The van der Waals surface area contributed by atoms with Crippen molar-refractivity contribution >= 4 is 0 Å². The highest BCUT2D eigenvalue weighted by Gasteiger charge is 2.53. The highest BCUT2D eigenvalue weighted by Crippen LogP contribution is 2.41. The molecule has 2 saturated heterocycles. The van der Waals surface area contributed by atoms with Crippen molar-refractivity contribution in [2.24, 2.45) is 0 Å². The molecule has 0 radical (unpaired) electrons. The molecule has 0 aliphatic carbocycles. The number of ether oxygens (including phenoxy) is 2. The third-order valence-electron chi connectivity index (χ3n) is 10.3. The van der Waals surface area contributed by atoms with Crippen molar-refractivity contribution in [2.45, 2.75) is 211 Å². The normalized spacial score (nSPS) is 25.1. The third kappa shape index (κ3) is 21.0. The highest BCUT2D eigenvalue weighted by atomic mass is 16.8. The number of hydrogen-bond donors (Lipinski definition) is 2. The fourth-order valence-electron chi connectivity index (χ4n) is 7.30. The van der Waals surface area contributed by atoms with E-state index in [0.717, 1.165) is 38.5 Å². The fourth-order valence-corrected chi connectivity index (χ4v) is 7.30. The minimum atomic E-state index is -0.669. The van der Waals surface area contributed by atoms with Crippen molar-refractivity contribution in [1.29, 1.82) is 0 Å². The Morgan fingerprint density at radius 1 is 0.490 bits per heavy atom. The Morgan fingerprint density at radius 2 is 0.816 bits per heavy atom. The molecule has 4 unspecified atom stereocenters. The van der Waals surface area contributed by atoms with Gasteiger partial charge in [-0.1, -0.05) is 140 Å². The number of hydrogen-bond acceptors (Lipinski definition) is 5. The van der Waals surface area contributed by atoms with Gasteiger partial charge in [0.15, 0.2) is 5.79 Å². The molecule has 4 atom stereocenters. The first kappa shape index (κ1) is 43.9. The van der Waals surface area contributed by atoms with E-state index < -0.39 is 30.2 Å². The number of fused-ring (bicyclic) bond motifs is 1. The number of nitrogens with zero attached hydrogens (tertiary/aromatic N) is 1. The Hall–Kier alpha value is -1.24. The van der Waals surface area contributed by atoms with E-state index in [-0.39, 0.29) is 0 Å². The molecule has 2 N–H and O–H groups in total. The van der Waals surface area contributed by atoms with Gasteiger partial charge in [-0.3, -0.25) is 0 Å². The zero-order chi connectivity index (χ0) is 35.3. The van der Waals surface area contributed by atoms with Crippen LogP contribution in [0.15, 0.2) is 48.6 Å². The van der Waals surface area contributed by atoms with Gasteiger partial charge in [-0.05, 0) is 84.1 Å². The first-order chi connectivity index (χ1) is 24.0. The maximum atomic E-state index is 10.9. The van der Waals surface area contributed by atoms with Gasteiger partial charge in [0.2, 0.25) is 0 Å². The molecular formula is C44H79NO4. The Morgan fingerprint density at radius 3 is 1.18 bits per heavy atom. The molecule has 0 amide bonds. The number of unbranched alkanes of at least 4 members (excludes halogenated alkanes) is 18. The van der Waals surface area contributed by atoms with Gasteiger partial charge in [-0.15, -0.1) is 0 Å². The van der Waals surface area contributed by atoms with Crippen molar-refractivity contribution in [3.8, 4) is 0 Å². The van der Waals surface area contributed by atoms with E-state index in [0.29, 0.717) is 13.1 Å². The van der Waals surface area contributed by atoms with Gasteiger partial charge in [-0.25, -0.2) is 0 Å². The number of likely N-dealkylation sites (tertiary alicyclic amines) is 1. The van der Waals surface area contributed by atoms with Gasteiger partial charge >= 0.3 is 0 Å².